The molecule has 0 saturated carbocycles. The lowest BCUT2D eigenvalue weighted by Gasteiger charge is -2.05. The van der Waals surface area contributed by atoms with E-state index in [1.54, 1.807) is 18.2 Å². The first-order valence-corrected chi connectivity index (χ1v) is 7.45. The highest BCUT2D eigenvalue weighted by molar-refractivity contribution is 5.99. The van der Waals surface area contributed by atoms with E-state index in [1.807, 2.05) is 6.92 Å². The summed E-state index contributed by atoms with van der Waals surface area (Å²) in [5.41, 5.74) is 0.555. The van der Waals surface area contributed by atoms with Gasteiger partial charge in [0.05, 0.1) is 10.9 Å². The highest BCUT2D eigenvalue weighted by Gasteiger charge is 2.17. The molecule has 0 aliphatic rings. The van der Waals surface area contributed by atoms with Crippen molar-refractivity contribution >= 4 is 22.7 Å². The molecule has 3 rings (SSSR count). The van der Waals surface area contributed by atoms with Gasteiger partial charge in [0.15, 0.2) is 12.0 Å². The van der Waals surface area contributed by atoms with Crippen molar-refractivity contribution in [3.8, 4) is 0 Å². The van der Waals surface area contributed by atoms with Crippen LogP contribution in [0.25, 0.3) is 11.0 Å². The Morgan fingerprint density at radius 3 is 2.64 bits per heavy atom. The number of Topliss-reactive ketones (excluding diaryl/α,β-unsaturated/α-hetero) is 1. The average Bonchev–Trinajstić information content (AvgIpc) is 2.60. The molecule has 6 heteroatoms. The van der Waals surface area contributed by atoms with Crippen LogP contribution in [0, 0.1) is 12.7 Å². The van der Waals surface area contributed by atoms with Gasteiger partial charge in [-0.3, -0.25) is 9.59 Å². The van der Waals surface area contributed by atoms with Crippen LogP contribution >= 0.6 is 0 Å². The number of halogens is 1. The molecule has 3 aromatic rings. The molecule has 126 valence electrons. The molecule has 2 aromatic carbocycles. The highest BCUT2D eigenvalue weighted by atomic mass is 19.1. The van der Waals surface area contributed by atoms with Gasteiger partial charge in [-0.1, -0.05) is 23.8 Å². The summed E-state index contributed by atoms with van der Waals surface area (Å²) in [6, 6.07) is 11.4. The summed E-state index contributed by atoms with van der Waals surface area (Å²) in [4.78, 5) is 36.0. The molecule has 0 amide bonds. The molecule has 0 atom stereocenters. The molecule has 0 fully saturated rings. The summed E-state index contributed by atoms with van der Waals surface area (Å²) in [5.74, 6) is -2.67. The topological polar surface area (TPSA) is 73.6 Å². The maximum atomic E-state index is 13.5. The fourth-order valence-corrected chi connectivity index (χ4v) is 2.34. The maximum Gasteiger partial charge on any atom is 0.374 e. The van der Waals surface area contributed by atoms with Crippen molar-refractivity contribution in [3.05, 3.63) is 81.5 Å². The van der Waals surface area contributed by atoms with Crippen LogP contribution in [-0.2, 0) is 4.74 Å². The second-order valence-electron chi connectivity index (χ2n) is 5.45. The summed E-state index contributed by atoms with van der Waals surface area (Å²) in [7, 11) is 0. The minimum Gasteiger partial charge on any atom is -0.451 e. The molecule has 1 aromatic heterocycles. The van der Waals surface area contributed by atoms with Gasteiger partial charge in [0.2, 0.25) is 11.5 Å². The summed E-state index contributed by atoms with van der Waals surface area (Å²) in [6.07, 6.45) is 0. The van der Waals surface area contributed by atoms with Crippen molar-refractivity contribution in [2.75, 3.05) is 6.61 Å². The number of carbonyl (C=O) groups excluding carboxylic acids is 2. The monoisotopic (exact) mass is 340 g/mol. The van der Waals surface area contributed by atoms with E-state index in [1.165, 1.54) is 18.2 Å². The lowest BCUT2D eigenvalue weighted by Crippen LogP contribution is -2.16. The van der Waals surface area contributed by atoms with Crippen molar-refractivity contribution < 1.29 is 23.1 Å². The third-order valence-electron chi connectivity index (χ3n) is 3.59. The first kappa shape index (κ1) is 16.6. The molecule has 0 aliphatic heterocycles. The number of esters is 1. The molecular weight excluding hydrogens is 327 g/mol. The van der Waals surface area contributed by atoms with Gasteiger partial charge in [-0.15, -0.1) is 0 Å². The third-order valence-corrected chi connectivity index (χ3v) is 3.59. The summed E-state index contributed by atoms with van der Waals surface area (Å²) in [5, 5.41) is 0.346. The second-order valence-corrected chi connectivity index (χ2v) is 5.45. The number of ether oxygens (including phenoxy) is 1. The van der Waals surface area contributed by atoms with Crippen LogP contribution in [-0.4, -0.2) is 18.4 Å². The maximum absolute atomic E-state index is 13.5. The summed E-state index contributed by atoms with van der Waals surface area (Å²) in [6.45, 7) is 1.17. The molecule has 0 radical (unpaired) electrons. The first-order chi connectivity index (χ1) is 12.0. The number of aryl methyl sites for hydroxylation is 1. The van der Waals surface area contributed by atoms with E-state index < -0.39 is 29.6 Å². The normalized spacial score (nSPS) is 10.6. The molecule has 0 spiro atoms. The Balaban J connectivity index is 1.79. The number of rotatable bonds is 4. The highest BCUT2D eigenvalue weighted by Crippen LogP contribution is 2.15. The fourth-order valence-electron chi connectivity index (χ4n) is 2.34. The quantitative estimate of drug-likeness (QED) is 0.538. The largest absolute Gasteiger partial charge is 0.451 e. The number of hydrogen-bond donors (Lipinski definition) is 0. The number of fused-ring (bicyclic) bond motifs is 1. The minimum atomic E-state index is -0.968. The summed E-state index contributed by atoms with van der Waals surface area (Å²) < 4.78 is 23.7. The van der Waals surface area contributed by atoms with E-state index in [0.29, 0.717) is 5.39 Å². The van der Waals surface area contributed by atoms with Gasteiger partial charge in [-0.05, 0) is 31.2 Å². The Bertz CT molecular complexity index is 1040. The van der Waals surface area contributed by atoms with Gasteiger partial charge in [0, 0.05) is 6.07 Å². The van der Waals surface area contributed by atoms with Crippen molar-refractivity contribution in [1.29, 1.82) is 0 Å². The lowest BCUT2D eigenvalue weighted by molar-refractivity contribution is 0.0443. The second kappa shape index (κ2) is 6.68. The van der Waals surface area contributed by atoms with Gasteiger partial charge in [-0.2, -0.15) is 0 Å². The zero-order valence-corrected chi connectivity index (χ0v) is 13.2. The molecule has 0 N–H and O–H groups in total. The predicted octanol–water partition coefficient (Wildman–Crippen LogP) is 3.28. The van der Waals surface area contributed by atoms with E-state index in [-0.39, 0.29) is 16.9 Å². The van der Waals surface area contributed by atoms with Gasteiger partial charge < -0.3 is 9.15 Å². The van der Waals surface area contributed by atoms with E-state index >= 15 is 0 Å². The number of ketones is 1. The van der Waals surface area contributed by atoms with Crippen molar-refractivity contribution in [1.82, 2.24) is 0 Å². The standard InChI is InChI=1S/C19H13FO5/c1-11-6-7-17-13(8-11)15(21)9-18(25-17)19(23)24-10-16(22)12-4-2-3-5-14(12)20/h2-9H,10H2,1H3. The van der Waals surface area contributed by atoms with E-state index in [2.05, 4.69) is 0 Å². The van der Waals surface area contributed by atoms with E-state index in [0.717, 1.165) is 17.7 Å². The molecule has 25 heavy (non-hydrogen) atoms. The van der Waals surface area contributed by atoms with Crippen LogP contribution in [0.2, 0.25) is 0 Å². The predicted molar refractivity (Wildman–Crippen MR) is 88.2 cm³/mol. The van der Waals surface area contributed by atoms with Gasteiger partial charge in [0.25, 0.3) is 0 Å². The van der Waals surface area contributed by atoms with Crippen molar-refractivity contribution in [2.24, 2.45) is 0 Å². The van der Waals surface area contributed by atoms with Crippen LogP contribution in [0.4, 0.5) is 4.39 Å². The Kier molecular flexibility index (Phi) is 4.43. The van der Waals surface area contributed by atoms with Gasteiger partial charge in [0.1, 0.15) is 11.4 Å². The number of benzene rings is 2. The van der Waals surface area contributed by atoms with Crippen LogP contribution < -0.4 is 5.43 Å². The van der Waals surface area contributed by atoms with E-state index in [4.69, 9.17) is 9.15 Å². The van der Waals surface area contributed by atoms with Gasteiger partial charge in [-0.25, -0.2) is 9.18 Å². The Morgan fingerprint density at radius 1 is 1.12 bits per heavy atom. The summed E-state index contributed by atoms with van der Waals surface area (Å²) >= 11 is 0. The minimum absolute atomic E-state index is 0.175. The van der Waals surface area contributed by atoms with Crippen LogP contribution in [0.3, 0.4) is 0 Å². The zero-order chi connectivity index (χ0) is 18.0. The molecule has 0 saturated heterocycles. The molecule has 0 unspecified atom stereocenters. The van der Waals surface area contributed by atoms with Crippen LogP contribution in [0.5, 0.6) is 0 Å². The van der Waals surface area contributed by atoms with Crippen molar-refractivity contribution in [2.45, 2.75) is 6.92 Å². The Hall–Kier alpha value is -3.28. The zero-order valence-electron chi connectivity index (χ0n) is 13.2. The molecular formula is C19H13FO5. The average molecular weight is 340 g/mol. The smallest absolute Gasteiger partial charge is 0.374 e. The Labute approximate surface area is 141 Å². The van der Waals surface area contributed by atoms with Crippen LogP contribution in [0.15, 0.2) is 57.7 Å². The SMILES string of the molecule is Cc1ccc2oc(C(=O)OCC(=O)c3ccccc3F)cc(=O)c2c1. The van der Waals surface area contributed by atoms with Crippen LogP contribution in [0.1, 0.15) is 26.5 Å². The molecule has 1 heterocycles. The van der Waals surface area contributed by atoms with Crippen molar-refractivity contribution in [3.63, 3.8) is 0 Å². The number of carbonyl (C=O) groups is 2. The van der Waals surface area contributed by atoms with E-state index in [9.17, 15) is 18.8 Å². The first-order valence-electron chi connectivity index (χ1n) is 7.45. The third kappa shape index (κ3) is 3.47. The molecule has 0 bridgehead atoms. The van der Waals surface area contributed by atoms with Gasteiger partial charge >= 0.3 is 5.97 Å². The Morgan fingerprint density at radius 2 is 1.88 bits per heavy atom. The number of hydrogen-bond acceptors (Lipinski definition) is 5. The fraction of sp³-hybridized carbons (Fsp3) is 0.105. The molecule has 5 nitrogen and oxygen atoms in total. The molecule has 0 aliphatic carbocycles. The lowest BCUT2D eigenvalue weighted by atomic mass is 10.1.